The third-order valence-electron chi connectivity index (χ3n) is 4.01. The van der Waals surface area contributed by atoms with Gasteiger partial charge < -0.3 is 5.11 Å². The van der Waals surface area contributed by atoms with Crippen molar-refractivity contribution in [2.24, 2.45) is 11.3 Å². The Balaban J connectivity index is 1.89. The van der Waals surface area contributed by atoms with Crippen LogP contribution in [0.2, 0.25) is 0 Å². The smallest absolute Gasteiger partial charge is 0.0616 e. The summed E-state index contributed by atoms with van der Waals surface area (Å²) >= 11 is 5.27. The van der Waals surface area contributed by atoms with Crippen molar-refractivity contribution in [3.8, 4) is 0 Å². The average molecular weight is 317 g/mol. The molecule has 1 aromatic rings. The second-order valence-corrected chi connectivity index (χ2v) is 7.82. The largest absolute Gasteiger partial charge is 0.392 e. The summed E-state index contributed by atoms with van der Waals surface area (Å²) in [5.74, 6) is 0.497. The maximum Gasteiger partial charge on any atom is 0.0616 e. The van der Waals surface area contributed by atoms with E-state index in [-0.39, 0.29) is 6.10 Å². The van der Waals surface area contributed by atoms with E-state index in [1.54, 1.807) is 11.3 Å². The van der Waals surface area contributed by atoms with Crippen LogP contribution in [0, 0.1) is 11.3 Å². The zero-order chi connectivity index (χ0) is 12.5. The minimum Gasteiger partial charge on any atom is -0.392 e. The summed E-state index contributed by atoms with van der Waals surface area (Å²) in [5.41, 5.74) is 0.486. The quantitative estimate of drug-likeness (QED) is 0.862. The van der Waals surface area contributed by atoms with Crippen molar-refractivity contribution in [3.05, 3.63) is 20.8 Å². The molecule has 1 fully saturated rings. The summed E-state index contributed by atoms with van der Waals surface area (Å²) in [6.07, 6.45) is 5.50. The van der Waals surface area contributed by atoms with Gasteiger partial charge in [-0.3, -0.25) is 0 Å². The molecule has 0 radical (unpaired) electrons. The van der Waals surface area contributed by atoms with Crippen molar-refractivity contribution >= 4 is 27.3 Å². The Bertz CT molecular complexity index is 362. The SMILES string of the molecule is CC1(C)CCC(C(O)Cc2sccc2Br)CC1. The molecule has 1 nitrogen and oxygen atoms in total. The zero-order valence-electron chi connectivity index (χ0n) is 10.6. The van der Waals surface area contributed by atoms with E-state index in [9.17, 15) is 5.11 Å². The molecule has 3 heteroatoms. The third kappa shape index (κ3) is 3.55. The van der Waals surface area contributed by atoms with Crippen molar-refractivity contribution < 1.29 is 5.11 Å². The standard InChI is InChI=1S/C14H21BrOS/c1-14(2)6-3-10(4-7-14)12(16)9-13-11(15)5-8-17-13/h5,8,10,12,16H,3-4,6-7,9H2,1-2H3. The number of thiophene rings is 1. The number of hydrogen-bond donors (Lipinski definition) is 1. The van der Waals surface area contributed by atoms with Gasteiger partial charge in [0.05, 0.1) is 6.10 Å². The van der Waals surface area contributed by atoms with Gasteiger partial charge in [-0.1, -0.05) is 13.8 Å². The molecule has 0 spiro atoms. The van der Waals surface area contributed by atoms with Gasteiger partial charge in [-0.15, -0.1) is 11.3 Å². The normalized spacial score (nSPS) is 22.6. The van der Waals surface area contributed by atoms with E-state index in [0.29, 0.717) is 11.3 Å². The van der Waals surface area contributed by atoms with E-state index in [0.717, 1.165) is 10.9 Å². The average Bonchev–Trinajstić information content (AvgIpc) is 2.64. The van der Waals surface area contributed by atoms with Crippen LogP contribution in [0.3, 0.4) is 0 Å². The van der Waals surface area contributed by atoms with E-state index in [1.807, 2.05) is 0 Å². The van der Waals surface area contributed by atoms with Crippen LogP contribution >= 0.6 is 27.3 Å². The summed E-state index contributed by atoms with van der Waals surface area (Å²) in [7, 11) is 0. The molecule has 0 amide bonds. The Morgan fingerprint density at radius 1 is 1.47 bits per heavy atom. The molecule has 1 saturated carbocycles. The Hall–Kier alpha value is 0.140. The molecule has 2 rings (SSSR count). The van der Waals surface area contributed by atoms with Gasteiger partial charge in [0.15, 0.2) is 0 Å². The third-order valence-corrected chi connectivity index (χ3v) is 5.96. The lowest BCUT2D eigenvalue weighted by molar-refractivity contribution is 0.0581. The molecule has 1 aromatic heterocycles. The highest BCUT2D eigenvalue weighted by atomic mass is 79.9. The van der Waals surface area contributed by atoms with Gasteiger partial charge in [-0.05, 0) is 64.4 Å². The van der Waals surface area contributed by atoms with Crippen LogP contribution in [-0.4, -0.2) is 11.2 Å². The highest BCUT2D eigenvalue weighted by Gasteiger charge is 2.30. The van der Waals surface area contributed by atoms with Gasteiger partial charge in [0.2, 0.25) is 0 Å². The monoisotopic (exact) mass is 316 g/mol. The summed E-state index contributed by atoms with van der Waals surface area (Å²) < 4.78 is 1.15. The maximum absolute atomic E-state index is 10.3. The van der Waals surface area contributed by atoms with Crippen LogP contribution in [0.15, 0.2) is 15.9 Å². The molecule has 1 aliphatic rings. The first-order valence-corrected chi connectivity index (χ1v) is 8.05. The highest BCUT2D eigenvalue weighted by molar-refractivity contribution is 9.10. The van der Waals surface area contributed by atoms with Gasteiger partial charge in [0, 0.05) is 15.8 Å². The molecule has 1 atom stereocenters. The molecule has 0 bridgehead atoms. The Morgan fingerprint density at radius 2 is 2.12 bits per heavy atom. The number of hydrogen-bond acceptors (Lipinski definition) is 2. The minimum absolute atomic E-state index is 0.166. The first-order chi connectivity index (χ1) is 7.98. The van der Waals surface area contributed by atoms with Gasteiger partial charge in [0.1, 0.15) is 0 Å². The summed E-state index contributed by atoms with van der Waals surface area (Å²) in [6, 6.07) is 2.07. The first-order valence-electron chi connectivity index (χ1n) is 6.38. The van der Waals surface area contributed by atoms with Crippen molar-refractivity contribution in [3.63, 3.8) is 0 Å². The fourth-order valence-electron chi connectivity index (χ4n) is 2.63. The van der Waals surface area contributed by atoms with Crippen molar-refractivity contribution in [1.29, 1.82) is 0 Å². The molecule has 0 aromatic carbocycles. The summed E-state index contributed by atoms with van der Waals surface area (Å²) in [4.78, 5) is 1.28. The number of aliphatic hydroxyl groups excluding tert-OH is 1. The summed E-state index contributed by atoms with van der Waals surface area (Å²) in [5, 5.41) is 12.4. The van der Waals surface area contributed by atoms with Crippen LogP contribution < -0.4 is 0 Å². The molecule has 0 saturated heterocycles. The minimum atomic E-state index is -0.166. The zero-order valence-corrected chi connectivity index (χ0v) is 13.0. The predicted molar refractivity (Wildman–Crippen MR) is 77.5 cm³/mol. The lowest BCUT2D eigenvalue weighted by Gasteiger charge is -2.36. The van der Waals surface area contributed by atoms with E-state index in [4.69, 9.17) is 0 Å². The van der Waals surface area contributed by atoms with E-state index in [1.165, 1.54) is 30.6 Å². The Kier molecular flexibility index (Phi) is 4.32. The first kappa shape index (κ1) is 13.6. The molecular weight excluding hydrogens is 296 g/mol. The number of halogens is 1. The molecule has 1 unspecified atom stereocenters. The number of rotatable bonds is 3. The fourth-order valence-corrected chi connectivity index (χ4v) is 4.20. The van der Waals surface area contributed by atoms with Gasteiger partial charge >= 0.3 is 0 Å². The van der Waals surface area contributed by atoms with Crippen LogP contribution in [0.5, 0.6) is 0 Å². The van der Waals surface area contributed by atoms with Gasteiger partial charge in [-0.25, -0.2) is 0 Å². The molecule has 0 aliphatic heterocycles. The van der Waals surface area contributed by atoms with Crippen molar-refractivity contribution in [2.75, 3.05) is 0 Å². The van der Waals surface area contributed by atoms with E-state index >= 15 is 0 Å². The molecular formula is C14H21BrOS. The molecule has 1 N–H and O–H groups in total. The topological polar surface area (TPSA) is 20.2 Å². The molecule has 1 aliphatic carbocycles. The summed E-state index contributed by atoms with van der Waals surface area (Å²) in [6.45, 7) is 4.68. The van der Waals surface area contributed by atoms with E-state index in [2.05, 4.69) is 41.2 Å². The van der Waals surface area contributed by atoms with Crippen LogP contribution in [-0.2, 0) is 6.42 Å². The molecule has 1 heterocycles. The van der Waals surface area contributed by atoms with Crippen LogP contribution in [0.25, 0.3) is 0 Å². The Labute approximate surface area is 116 Å². The van der Waals surface area contributed by atoms with Crippen LogP contribution in [0.4, 0.5) is 0 Å². The lowest BCUT2D eigenvalue weighted by atomic mass is 9.71. The van der Waals surface area contributed by atoms with Crippen LogP contribution in [0.1, 0.15) is 44.4 Å². The molecule has 17 heavy (non-hydrogen) atoms. The fraction of sp³-hybridized carbons (Fsp3) is 0.714. The maximum atomic E-state index is 10.3. The number of aliphatic hydroxyl groups is 1. The highest BCUT2D eigenvalue weighted by Crippen LogP contribution is 2.40. The van der Waals surface area contributed by atoms with Crippen molar-refractivity contribution in [1.82, 2.24) is 0 Å². The van der Waals surface area contributed by atoms with E-state index < -0.39 is 0 Å². The lowest BCUT2D eigenvalue weighted by Crippen LogP contribution is -2.30. The predicted octanol–water partition coefficient (Wildman–Crippen LogP) is 4.63. The second-order valence-electron chi connectivity index (χ2n) is 5.96. The van der Waals surface area contributed by atoms with Gasteiger partial charge in [0.25, 0.3) is 0 Å². The van der Waals surface area contributed by atoms with Gasteiger partial charge in [-0.2, -0.15) is 0 Å². The Morgan fingerprint density at radius 3 is 2.65 bits per heavy atom. The van der Waals surface area contributed by atoms with Crippen molar-refractivity contribution in [2.45, 2.75) is 52.1 Å². The molecule has 96 valence electrons. The second kappa shape index (κ2) is 5.41.